The molecule has 2 aromatic heterocycles. The molecule has 0 radical (unpaired) electrons. The number of rotatable bonds is 3. The average molecular weight is 267 g/mol. The summed E-state index contributed by atoms with van der Waals surface area (Å²) < 4.78 is 2.06. The number of aromatic nitrogens is 3. The fourth-order valence-corrected chi connectivity index (χ4v) is 2.33. The van der Waals surface area contributed by atoms with Crippen LogP contribution in [0.5, 0.6) is 5.75 Å². The summed E-state index contributed by atoms with van der Waals surface area (Å²) in [7, 11) is 0. The number of imidazole rings is 1. The first-order chi connectivity index (χ1) is 9.65. The highest BCUT2D eigenvalue weighted by molar-refractivity contribution is 5.73. The van der Waals surface area contributed by atoms with E-state index in [0.29, 0.717) is 5.92 Å². The van der Waals surface area contributed by atoms with Crippen LogP contribution in [0.3, 0.4) is 0 Å². The van der Waals surface area contributed by atoms with Crippen molar-refractivity contribution in [2.45, 2.75) is 20.3 Å². The molecule has 0 bridgehead atoms. The van der Waals surface area contributed by atoms with E-state index in [1.165, 1.54) is 0 Å². The van der Waals surface area contributed by atoms with Crippen LogP contribution in [0.1, 0.15) is 19.7 Å². The van der Waals surface area contributed by atoms with E-state index in [4.69, 9.17) is 0 Å². The van der Waals surface area contributed by atoms with Crippen LogP contribution >= 0.6 is 0 Å². The number of hydrogen-bond acceptors (Lipinski definition) is 3. The summed E-state index contributed by atoms with van der Waals surface area (Å²) in [6, 6.07) is 11.0. The maximum absolute atomic E-state index is 9.44. The summed E-state index contributed by atoms with van der Waals surface area (Å²) >= 11 is 0. The molecule has 0 spiro atoms. The second-order valence-corrected chi connectivity index (χ2v) is 5.32. The summed E-state index contributed by atoms with van der Waals surface area (Å²) in [4.78, 5) is 9.14. The van der Waals surface area contributed by atoms with Gasteiger partial charge >= 0.3 is 0 Å². The smallest absolute Gasteiger partial charge is 0.164 e. The molecule has 0 amide bonds. The van der Waals surface area contributed by atoms with E-state index in [2.05, 4.69) is 28.4 Å². The summed E-state index contributed by atoms with van der Waals surface area (Å²) in [5.41, 5.74) is 2.73. The van der Waals surface area contributed by atoms with Crippen LogP contribution in [-0.2, 0) is 6.42 Å². The predicted molar refractivity (Wildman–Crippen MR) is 79.1 cm³/mol. The quantitative estimate of drug-likeness (QED) is 0.792. The van der Waals surface area contributed by atoms with Crippen molar-refractivity contribution in [3.05, 3.63) is 48.4 Å². The second-order valence-electron chi connectivity index (χ2n) is 5.32. The lowest BCUT2D eigenvalue weighted by atomic mass is 10.1. The Kier molecular flexibility index (Phi) is 3.14. The van der Waals surface area contributed by atoms with Gasteiger partial charge in [0.05, 0.1) is 0 Å². The molecule has 0 saturated heterocycles. The Bertz CT molecular complexity index is 729. The van der Waals surface area contributed by atoms with Crippen LogP contribution in [0.15, 0.2) is 42.6 Å². The van der Waals surface area contributed by atoms with Gasteiger partial charge in [-0.3, -0.25) is 4.57 Å². The minimum absolute atomic E-state index is 0.261. The van der Waals surface area contributed by atoms with Crippen molar-refractivity contribution in [2.24, 2.45) is 5.92 Å². The van der Waals surface area contributed by atoms with E-state index in [0.717, 1.165) is 29.1 Å². The molecule has 0 aliphatic rings. The highest BCUT2D eigenvalue weighted by Gasteiger charge is 2.14. The van der Waals surface area contributed by atoms with Gasteiger partial charge in [0.1, 0.15) is 17.1 Å². The Morgan fingerprint density at radius 3 is 2.60 bits per heavy atom. The molecule has 3 rings (SSSR count). The van der Waals surface area contributed by atoms with Gasteiger partial charge in [-0.05, 0) is 42.3 Å². The van der Waals surface area contributed by atoms with Gasteiger partial charge in [0.25, 0.3) is 0 Å². The Balaban J connectivity index is 2.22. The highest BCUT2D eigenvalue weighted by atomic mass is 16.3. The lowest BCUT2D eigenvalue weighted by Gasteiger charge is -2.10. The molecule has 0 aliphatic heterocycles. The van der Waals surface area contributed by atoms with Gasteiger partial charge in [-0.25, -0.2) is 9.97 Å². The van der Waals surface area contributed by atoms with Gasteiger partial charge in [0.15, 0.2) is 5.65 Å². The van der Waals surface area contributed by atoms with Crippen molar-refractivity contribution >= 4 is 11.2 Å². The Morgan fingerprint density at radius 2 is 1.90 bits per heavy atom. The van der Waals surface area contributed by atoms with Crippen LogP contribution in [0.2, 0.25) is 0 Å². The molecule has 2 heterocycles. The fraction of sp³-hybridized carbons (Fsp3) is 0.250. The number of phenols is 1. The zero-order chi connectivity index (χ0) is 14.1. The van der Waals surface area contributed by atoms with Crippen LogP contribution < -0.4 is 0 Å². The van der Waals surface area contributed by atoms with Crippen LogP contribution in [0.25, 0.3) is 16.9 Å². The first-order valence-corrected chi connectivity index (χ1v) is 6.77. The molecule has 0 unspecified atom stereocenters. The van der Waals surface area contributed by atoms with E-state index in [9.17, 15) is 5.11 Å². The minimum atomic E-state index is 0.261. The first-order valence-electron chi connectivity index (χ1n) is 6.77. The van der Waals surface area contributed by atoms with E-state index >= 15 is 0 Å². The highest BCUT2D eigenvalue weighted by Crippen LogP contribution is 2.23. The number of nitrogens with zero attached hydrogens (tertiary/aromatic N) is 3. The molecular weight excluding hydrogens is 250 g/mol. The van der Waals surface area contributed by atoms with E-state index in [1.807, 2.05) is 24.3 Å². The van der Waals surface area contributed by atoms with Gasteiger partial charge in [0.2, 0.25) is 0 Å². The van der Waals surface area contributed by atoms with Crippen LogP contribution in [0, 0.1) is 5.92 Å². The normalized spacial score (nSPS) is 11.3. The molecule has 0 atom stereocenters. The average Bonchev–Trinajstić information content (AvgIpc) is 2.77. The van der Waals surface area contributed by atoms with E-state index in [1.54, 1.807) is 18.3 Å². The second kappa shape index (κ2) is 4.96. The number of benzene rings is 1. The number of phenolic OH excluding ortho intramolecular Hbond substituents is 1. The zero-order valence-corrected chi connectivity index (χ0v) is 11.6. The number of hydrogen-bond donors (Lipinski definition) is 1. The lowest BCUT2D eigenvalue weighted by molar-refractivity contribution is 0.475. The van der Waals surface area contributed by atoms with Gasteiger partial charge in [0, 0.05) is 18.3 Å². The lowest BCUT2D eigenvalue weighted by Crippen LogP contribution is -2.05. The number of aromatic hydroxyl groups is 1. The molecule has 0 aliphatic carbocycles. The monoisotopic (exact) mass is 267 g/mol. The van der Waals surface area contributed by atoms with Crippen LogP contribution in [0.4, 0.5) is 0 Å². The minimum Gasteiger partial charge on any atom is -0.508 e. The van der Waals surface area contributed by atoms with Crippen molar-refractivity contribution in [3.63, 3.8) is 0 Å². The summed E-state index contributed by atoms with van der Waals surface area (Å²) in [6.07, 6.45) is 2.66. The molecule has 1 aromatic carbocycles. The molecule has 3 aromatic rings. The van der Waals surface area contributed by atoms with Crippen molar-refractivity contribution in [2.75, 3.05) is 0 Å². The van der Waals surface area contributed by atoms with Crippen molar-refractivity contribution in [3.8, 4) is 11.4 Å². The number of pyridine rings is 1. The van der Waals surface area contributed by atoms with Crippen molar-refractivity contribution in [1.29, 1.82) is 0 Å². The van der Waals surface area contributed by atoms with Crippen molar-refractivity contribution in [1.82, 2.24) is 14.5 Å². The maximum Gasteiger partial charge on any atom is 0.164 e. The summed E-state index contributed by atoms with van der Waals surface area (Å²) in [5.74, 6) is 1.78. The Morgan fingerprint density at radius 1 is 1.15 bits per heavy atom. The van der Waals surface area contributed by atoms with E-state index in [-0.39, 0.29) is 5.75 Å². The topological polar surface area (TPSA) is 50.9 Å². The molecule has 4 heteroatoms. The summed E-state index contributed by atoms with van der Waals surface area (Å²) in [5, 5.41) is 9.44. The molecular formula is C16H17N3O. The molecule has 1 N–H and O–H groups in total. The van der Waals surface area contributed by atoms with Gasteiger partial charge in [-0.2, -0.15) is 0 Å². The van der Waals surface area contributed by atoms with Crippen molar-refractivity contribution < 1.29 is 5.11 Å². The SMILES string of the molecule is CC(C)Cc1nc2cccnc2n1-c1ccc(O)cc1. The van der Waals surface area contributed by atoms with Crippen LogP contribution in [-0.4, -0.2) is 19.6 Å². The Labute approximate surface area is 117 Å². The number of fused-ring (bicyclic) bond motifs is 1. The molecule has 4 nitrogen and oxygen atoms in total. The fourth-order valence-electron chi connectivity index (χ4n) is 2.33. The molecule has 102 valence electrons. The molecule has 20 heavy (non-hydrogen) atoms. The third kappa shape index (κ3) is 2.25. The van der Waals surface area contributed by atoms with Gasteiger partial charge < -0.3 is 5.11 Å². The first kappa shape index (κ1) is 12.7. The maximum atomic E-state index is 9.44. The largest absolute Gasteiger partial charge is 0.508 e. The standard InChI is InChI=1S/C16H17N3O/c1-11(2)10-15-18-14-4-3-9-17-16(14)19(15)12-5-7-13(20)8-6-12/h3-9,11,20H,10H2,1-2H3. The Hall–Kier alpha value is -2.36. The summed E-state index contributed by atoms with van der Waals surface area (Å²) in [6.45, 7) is 4.35. The third-order valence-electron chi connectivity index (χ3n) is 3.18. The van der Waals surface area contributed by atoms with Gasteiger partial charge in [-0.15, -0.1) is 0 Å². The third-order valence-corrected chi connectivity index (χ3v) is 3.18. The van der Waals surface area contributed by atoms with E-state index < -0.39 is 0 Å². The predicted octanol–water partition coefficient (Wildman–Crippen LogP) is 3.32. The molecule has 0 fully saturated rings. The molecule has 0 saturated carbocycles. The zero-order valence-electron chi connectivity index (χ0n) is 11.6. The van der Waals surface area contributed by atoms with Gasteiger partial charge in [-0.1, -0.05) is 13.8 Å².